The van der Waals surface area contributed by atoms with Crippen molar-refractivity contribution in [1.29, 1.82) is 0 Å². The first-order valence-electron chi connectivity index (χ1n) is 14.3. The summed E-state index contributed by atoms with van der Waals surface area (Å²) in [6, 6.07) is 27.3. The standard InChI is InChI=1S/C34H34Cl3N3O4S/c1-24(2)21-38-34(42)32(18-25-10-5-3-6-11-25)39(22-26-16-17-28(36)20-31(26)37)33(41)23-40(29-13-9-12-27(35)19-29)45(43,44)30-14-7-4-8-15-30/h3-17,19-20,24,32H,18,21-23H2,1-2H3,(H,38,42)/t32-/m0/s1. The molecule has 0 radical (unpaired) electrons. The van der Waals surface area contributed by atoms with Crippen LogP contribution in [-0.4, -0.2) is 44.3 Å². The molecule has 0 unspecified atom stereocenters. The first-order valence-corrected chi connectivity index (χ1v) is 16.9. The third kappa shape index (κ3) is 9.23. The van der Waals surface area contributed by atoms with Crippen molar-refractivity contribution in [3.63, 3.8) is 0 Å². The van der Waals surface area contributed by atoms with Gasteiger partial charge in [-0.05, 0) is 59.5 Å². The molecule has 0 spiro atoms. The Hall–Kier alpha value is -3.56. The van der Waals surface area contributed by atoms with Gasteiger partial charge in [-0.2, -0.15) is 0 Å². The number of nitrogens with zero attached hydrogens (tertiary/aromatic N) is 2. The van der Waals surface area contributed by atoms with Crippen LogP contribution in [0.25, 0.3) is 0 Å². The van der Waals surface area contributed by atoms with Gasteiger partial charge in [-0.15, -0.1) is 0 Å². The molecular weight excluding hydrogens is 653 g/mol. The second-order valence-corrected chi connectivity index (χ2v) is 14.0. The molecule has 0 aromatic heterocycles. The Bertz CT molecular complexity index is 1720. The maximum absolute atomic E-state index is 14.5. The SMILES string of the molecule is CC(C)CNC(=O)[C@H](Cc1ccccc1)N(Cc1ccc(Cl)cc1Cl)C(=O)CN(c1cccc(Cl)c1)S(=O)(=O)c1ccccc1. The molecule has 4 rings (SSSR count). The fourth-order valence-electron chi connectivity index (χ4n) is 4.69. The highest BCUT2D eigenvalue weighted by molar-refractivity contribution is 7.92. The fraction of sp³-hybridized carbons (Fsp3) is 0.235. The molecule has 1 atom stereocenters. The largest absolute Gasteiger partial charge is 0.354 e. The predicted octanol–water partition coefficient (Wildman–Crippen LogP) is 7.25. The quantitative estimate of drug-likeness (QED) is 0.161. The van der Waals surface area contributed by atoms with Crippen LogP contribution in [0.15, 0.2) is 108 Å². The van der Waals surface area contributed by atoms with E-state index in [9.17, 15) is 18.0 Å². The first kappa shape index (κ1) is 34.3. The maximum atomic E-state index is 14.5. The molecule has 0 saturated heterocycles. The van der Waals surface area contributed by atoms with Crippen molar-refractivity contribution in [3.8, 4) is 0 Å². The van der Waals surface area contributed by atoms with Crippen molar-refractivity contribution in [1.82, 2.24) is 10.2 Å². The smallest absolute Gasteiger partial charge is 0.264 e. The molecule has 0 aliphatic rings. The van der Waals surface area contributed by atoms with Gasteiger partial charge in [-0.3, -0.25) is 13.9 Å². The molecule has 45 heavy (non-hydrogen) atoms. The summed E-state index contributed by atoms with van der Waals surface area (Å²) in [5.41, 5.74) is 1.57. The van der Waals surface area contributed by atoms with Gasteiger partial charge in [-0.1, -0.05) is 109 Å². The van der Waals surface area contributed by atoms with Gasteiger partial charge in [0.05, 0.1) is 10.6 Å². The van der Waals surface area contributed by atoms with E-state index in [1.165, 1.54) is 23.1 Å². The van der Waals surface area contributed by atoms with Gasteiger partial charge < -0.3 is 10.2 Å². The summed E-state index contributed by atoms with van der Waals surface area (Å²) in [4.78, 5) is 29.7. The van der Waals surface area contributed by atoms with Gasteiger partial charge in [0.2, 0.25) is 11.8 Å². The molecule has 7 nitrogen and oxygen atoms in total. The zero-order valence-corrected chi connectivity index (χ0v) is 28.0. The number of hydrogen-bond acceptors (Lipinski definition) is 4. The van der Waals surface area contributed by atoms with Crippen molar-refractivity contribution in [3.05, 3.63) is 129 Å². The van der Waals surface area contributed by atoms with E-state index in [0.717, 1.165) is 9.87 Å². The third-order valence-electron chi connectivity index (χ3n) is 7.02. The second-order valence-electron chi connectivity index (χ2n) is 10.9. The summed E-state index contributed by atoms with van der Waals surface area (Å²) in [6.07, 6.45) is 0.185. The summed E-state index contributed by atoms with van der Waals surface area (Å²) in [7, 11) is -4.23. The van der Waals surface area contributed by atoms with Crippen molar-refractivity contribution < 1.29 is 18.0 Å². The molecule has 2 amide bonds. The highest BCUT2D eigenvalue weighted by Crippen LogP contribution is 2.28. The predicted molar refractivity (Wildman–Crippen MR) is 181 cm³/mol. The number of carbonyl (C=O) groups excluding carboxylic acids is 2. The number of hydrogen-bond donors (Lipinski definition) is 1. The van der Waals surface area contributed by atoms with Crippen molar-refractivity contribution in [2.24, 2.45) is 5.92 Å². The van der Waals surface area contributed by atoms with E-state index in [0.29, 0.717) is 27.2 Å². The molecule has 236 valence electrons. The summed E-state index contributed by atoms with van der Waals surface area (Å²) in [5.74, 6) is -0.817. The van der Waals surface area contributed by atoms with E-state index >= 15 is 0 Å². The summed E-state index contributed by atoms with van der Waals surface area (Å²) in [5, 5.41) is 3.98. The van der Waals surface area contributed by atoms with Crippen LogP contribution in [0.2, 0.25) is 15.1 Å². The fourth-order valence-corrected chi connectivity index (χ4v) is 6.77. The molecule has 11 heteroatoms. The molecule has 0 aliphatic carbocycles. The second kappa shape index (κ2) is 15.6. The molecule has 0 bridgehead atoms. The molecule has 4 aromatic carbocycles. The highest BCUT2D eigenvalue weighted by atomic mass is 35.5. The molecule has 0 aliphatic heterocycles. The molecule has 0 fully saturated rings. The summed E-state index contributed by atoms with van der Waals surface area (Å²) in [6.45, 7) is 3.66. The van der Waals surface area contributed by atoms with E-state index < -0.39 is 28.5 Å². The zero-order valence-electron chi connectivity index (χ0n) is 24.9. The zero-order chi connectivity index (χ0) is 32.6. The van der Waals surface area contributed by atoms with Gasteiger partial charge in [0.25, 0.3) is 10.0 Å². The Kier molecular flexibility index (Phi) is 11.9. The number of sulfonamides is 1. The van der Waals surface area contributed by atoms with Gasteiger partial charge in [0.1, 0.15) is 12.6 Å². The summed E-state index contributed by atoms with van der Waals surface area (Å²) >= 11 is 19.0. The minimum Gasteiger partial charge on any atom is -0.354 e. The molecule has 1 N–H and O–H groups in total. The maximum Gasteiger partial charge on any atom is 0.264 e. The Morgan fingerprint density at radius 2 is 1.44 bits per heavy atom. The number of rotatable bonds is 13. The lowest BCUT2D eigenvalue weighted by molar-refractivity contribution is -0.140. The van der Waals surface area contributed by atoms with E-state index in [2.05, 4.69) is 5.32 Å². The first-order chi connectivity index (χ1) is 21.5. The third-order valence-corrected chi connectivity index (χ3v) is 9.63. The minimum atomic E-state index is -4.23. The van der Waals surface area contributed by atoms with Crippen molar-refractivity contribution in [2.45, 2.75) is 37.8 Å². The number of halogens is 3. The number of anilines is 1. The lowest BCUT2D eigenvalue weighted by Crippen LogP contribution is -2.53. The number of carbonyl (C=O) groups is 2. The van der Waals surface area contributed by atoms with E-state index in [4.69, 9.17) is 34.8 Å². The van der Waals surface area contributed by atoms with Crippen molar-refractivity contribution >= 4 is 62.3 Å². The van der Waals surface area contributed by atoms with Crippen LogP contribution in [0.1, 0.15) is 25.0 Å². The Morgan fingerprint density at radius 3 is 2.07 bits per heavy atom. The molecule has 0 saturated carbocycles. The van der Waals surface area contributed by atoms with E-state index in [-0.39, 0.29) is 35.4 Å². The lowest BCUT2D eigenvalue weighted by atomic mass is 10.0. The number of amides is 2. The van der Waals surface area contributed by atoms with Crippen LogP contribution in [0.5, 0.6) is 0 Å². The molecule has 0 heterocycles. The Labute approximate surface area is 279 Å². The van der Waals surface area contributed by atoms with Crippen LogP contribution in [0.3, 0.4) is 0 Å². The van der Waals surface area contributed by atoms with Crippen LogP contribution in [0.4, 0.5) is 5.69 Å². The van der Waals surface area contributed by atoms with Crippen LogP contribution in [0, 0.1) is 5.92 Å². The van der Waals surface area contributed by atoms with Crippen LogP contribution in [-0.2, 0) is 32.6 Å². The van der Waals surface area contributed by atoms with Crippen LogP contribution < -0.4 is 9.62 Å². The lowest BCUT2D eigenvalue weighted by Gasteiger charge is -2.34. The van der Waals surface area contributed by atoms with Gasteiger partial charge in [0, 0.05) is 34.6 Å². The van der Waals surface area contributed by atoms with Crippen molar-refractivity contribution in [2.75, 3.05) is 17.4 Å². The highest BCUT2D eigenvalue weighted by Gasteiger charge is 2.35. The Balaban J connectivity index is 1.81. The Morgan fingerprint density at radius 1 is 0.800 bits per heavy atom. The average Bonchev–Trinajstić information content (AvgIpc) is 3.02. The van der Waals surface area contributed by atoms with Gasteiger partial charge in [0.15, 0.2) is 0 Å². The summed E-state index contributed by atoms with van der Waals surface area (Å²) < 4.78 is 29.1. The monoisotopic (exact) mass is 685 g/mol. The molecular formula is C34H34Cl3N3O4S. The van der Waals surface area contributed by atoms with Gasteiger partial charge in [-0.25, -0.2) is 8.42 Å². The topological polar surface area (TPSA) is 86.8 Å². The normalized spacial score (nSPS) is 12.0. The number of nitrogens with one attached hydrogen (secondary N) is 1. The average molecular weight is 687 g/mol. The van der Waals surface area contributed by atoms with E-state index in [1.807, 2.05) is 44.2 Å². The molecule has 4 aromatic rings. The van der Waals surface area contributed by atoms with Gasteiger partial charge >= 0.3 is 0 Å². The number of benzene rings is 4. The van der Waals surface area contributed by atoms with Crippen LogP contribution >= 0.6 is 34.8 Å². The minimum absolute atomic E-state index is 0.000540. The van der Waals surface area contributed by atoms with E-state index in [1.54, 1.807) is 54.6 Å².